The van der Waals surface area contributed by atoms with Crippen molar-refractivity contribution in [1.29, 1.82) is 0 Å². The summed E-state index contributed by atoms with van der Waals surface area (Å²) in [7, 11) is 1.41. The lowest BCUT2D eigenvalue weighted by Crippen LogP contribution is -2.20. The third-order valence-corrected chi connectivity index (χ3v) is 4.31. The summed E-state index contributed by atoms with van der Waals surface area (Å²) < 4.78 is 11.4. The molecule has 0 aliphatic carbocycles. The van der Waals surface area contributed by atoms with Gasteiger partial charge in [-0.3, -0.25) is 14.9 Å². The van der Waals surface area contributed by atoms with E-state index in [0.717, 1.165) is 15.2 Å². The van der Waals surface area contributed by atoms with Crippen LogP contribution < -0.4 is 14.8 Å². The number of halogens is 1. The number of nitrogens with one attached hydrogen (secondary N) is 1. The average Bonchev–Trinajstić information content (AvgIpc) is 2.66. The fourth-order valence-corrected chi connectivity index (χ4v) is 2.89. The van der Waals surface area contributed by atoms with Crippen LogP contribution in [0.1, 0.15) is 0 Å². The van der Waals surface area contributed by atoms with Crippen LogP contribution in [0.3, 0.4) is 0 Å². The van der Waals surface area contributed by atoms with Gasteiger partial charge >= 0.3 is 0 Å². The lowest BCUT2D eigenvalue weighted by atomic mass is 10.1. The predicted molar refractivity (Wildman–Crippen MR) is 105 cm³/mol. The number of carbonyl (C=O) groups excluding carboxylic acids is 1. The van der Waals surface area contributed by atoms with E-state index in [-0.39, 0.29) is 18.0 Å². The Morgan fingerprint density at radius 1 is 1.07 bits per heavy atom. The van der Waals surface area contributed by atoms with Crippen molar-refractivity contribution >= 4 is 44.0 Å². The zero-order valence-electron chi connectivity index (χ0n) is 14.3. The Kier molecular flexibility index (Phi) is 5.56. The van der Waals surface area contributed by atoms with E-state index >= 15 is 0 Å². The van der Waals surface area contributed by atoms with Crippen molar-refractivity contribution in [3.63, 3.8) is 0 Å². The molecule has 0 saturated carbocycles. The van der Waals surface area contributed by atoms with Gasteiger partial charge in [0.15, 0.2) is 6.61 Å². The normalized spacial score (nSPS) is 10.4. The molecular weight excluding hydrogens is 416 g/mol. The quantitative estimate of drug-likeness (QED) is 0.457. The van der Waals surface area contributed by atoms with Gasteiger partial charge in [0, 0.05) is 4.47 Å². The Balaban J connectivity index is 1.68. The Bertz CT molecular complexity index is 1020. The van der Waals surface area contributed by atoms with Crippen molar-refractivity contribution < 1.29 is 19.2 Å². The number of nitro benzene ring substituents is 1. The third-order valence-electron chi connectivity index (χ3n) is 3.82. The number of fused-ring (bicyclic) bond motifs is 1. The minimum atomic E-state index is -0.583. The Morgan fingerprint density at radius 3 is 2.52 bits per heavy atom. The van der Waals surface area contributed by atoms with Crippen molar-refractivity contribution in [2.45, 2.75) is 0 Å². The summed E-state index contributed by atoms with van der Waals surface area (Å²) in [5, 5.41) is 15.7. The molecule has 27 heavy (non-hydrogen) atoms. The van der Waals surface area contributed by atoms with Crippen molar-refractivity contribution in [3.05, 3.63) is 69.2 Å². The minimum absolute atomic E-state index is 0.0813. The molecule has 1 amide bonds. The Hall–Kier alpha value is -3.13. The number of hydrogen-bond donors (Lipinski definition) is 1. The van der Waals surface area contributed by atoms with Gasteiger partial charge in [0.2, 0.25) is 0 Å². The summed E-state index contributed by atoms with van der Waals surface area (Å²) in [5.41, 5.74) is -0.170. The molecular formula is C19H15BrN2O5. The number of amides is 1. The summed E-state index contributed by atoms with van der Waals surface area (Å²) in [5.74, 6) is 0.363. The molecule has 0 aliphatic rings. The van der Waals surface area contributed by atoms with Crippen LogP contribution in [0, 0.1) is 10.1 Å². The minimum Gasteiger partial charge on any atom is -0.496 e. The van der Waals surface area contributed by atoms with Crippen LogP contribution in [0.15, 0.2) is 59.1 Å². The van der Waals surface area contributed by atoms with E-state index < -0.39 is 10.8 Å². The summed E-state index contributed by atoms with van der Waals surface area (Å²) in [6.07, 6.45) is 0. The number of benzene rings is 3. The number of nitro groups is 1. The maximum atomic E-state index is 12.1. The van der Waals surface area contributed by atoms with Crippen LogP contribution >= 0.6 is 15.9 Å². The molecule has 0 unspecified atom stereocenters. The number of ether oxygens (including phenoxy) is 2. The average molecular weight is 431 g/mol. The van der Waals surface area contributed by atoms with Gasteiger partial charge < -0.3 is 14.8 Å². The fourth-order valence-electron chi connectivity index (χ4n) is 2.51. The molecule has 1 N–H and O–H groups in total. The van der Waals surface area contributed by atoms with Gasteiger partial charge in [-0.1, -0.05) is 28.1 Å². The maximum absolute atomic E-state index is 12.1. The SMILES string of the molecule is COc1ccc(NC(=O)COc2ccc3cc(Br)ccc3c2)c([N+](=O)[O-])c1. The summed E-state index contributed by atoms with van der Waals surface area (Å²) in [6, 6.07) is 15.5. The van der Waals surface area contributed by atoms with Gasteiger partial charge in [-0.25, -0.2) is 0 Å². The zero-order chi connectivity index (χ0) is 19.4. The fraction of sp³-hybridized carbons (Fsp3) is 0.105. The molecule has 0 aromatic heterocycles. The van der Waals surface area contributed by atoms with Crippen molar-refractivity contribution in [3.8, 4) is 11.5 Å². The van der Waals surface area contributed by atoms with Crippen molar-refractivity contribution in [2.75, 3.05) is 19.0 Å². The monoisotopic (exact) mass is 430 g/mol. The number of anilines is 1. The predicted octanol–water partition coefficient (Wildman–Crippen LogP) is 4.54. The second-order valence-electron chi connectivity index (χ2n) is 5.63. The summed E-state index contributed by atoms with van der Waals surface area (Å²) >= 11 is 3.42. The zero-order valence-corrected chi connectivity index (χ0v) is 15.9. The van der Waals surface area contributed by atoms with Gasteiger partial charge in [-0.15, -0.1) is 0 Å². The molecule has 0 atom stereocenters. The lowest BCUT2D eigenvalue weighted by Gasteiger charge is -2.09. The van der Waals surface area contributed by atoms with Gasteiger partial charge in [0.1, 0.15) is 17.2 Å². The van der Waals surface area contributed by atoms with Crippen molar-refractivity contribution in [1.82, 2.24) is 0 Å². The highest BCUT2D eigenvalue weighted by Crippen LogP contribution is 2.29. The molecule has 138 valence electrons. The molecule has 3 rings (SSSR count). The number of carbonyl (C=O) groups is 1. The molecule has 3 aromatic rings. The van der Waals surface area contributed by atoms with Crippen LogP contribution in [0.5, 0.6) is 11.5 Å². The smallest absolute Gasteiger partial charge is 0.296 e. The van der Waals surface area contributed by atoms with Crippen LogP contribution in [0.2, 0.25) is 0 Å². The molecule has 0 fully saturated rings. The number of methoxy groups -OCH3 is 1. The Labute approximate surface area is 163 Å². The van der Waals surface area contributed by atoms with E-state index in [9.17, 15) is 14.9 Å². The topological polar surface area (TPSA) is 90.7 Å². The van der Waals surface area contributed by atoms with Crippen LogP contribution in [-0.2, 0) is 4.79 Å². The van der Waals surface area contributed by atoms with Crippen LogP contribution in [0.25, 0.3) is 10.8 Å². The van der Waals surface area contributed by atoms with E-state index in [1.54, 1.807) is 6.07 Å². The van der Waals surface area contributed by atoms with Crippen molar-refractivity contribution in [2.24, 2.45) is 0 Å². The maximum Gasteiger partial charge on any atom is 0.296 e. The number of nitrogens with zero attached hydrogens (tertiary/aromatic N) is 1. The molecule has 8 heteroatoms. The molecule has 0 saturated heterocycles. The van der Waals surface area contributed by atoms with Crippen LogP contribution in [0.4, 0.5) is 11.4 Å². The van der Waals surface area contributed by atoms with E-state index in [0.29, 0.717) is 11.5 Å². The molecule has 3 aromatic carbocycles. The first-order valence-electron chi connectivity index (χ1n) is 7.90. The molecule has 0 bridgehead atoms. The first-order valence-corrected chi connectivity index (χ1v) is 8.70. The van der Waals surface area contributed by atoms with E-state index in [1.165, 1.54) is 25.3 Å². The molecule has 0 spiro atoms. The highest BCUT2D eigenvalue weighted by Gasteiger charge is 2.17. The second kappa shape index (κ2) is 8.05. The lowest BCUT2D eigenvalue weighted by molar-refractivity contribution is -0.384. The van der Waals surface area contributed by atoms with E-state index in [2.05, 4.69) is 21.2 Å². The number of hydrogen-bond acceptors (Lipinski definition) is 5. The Morgan fingerprint density at radius 2 is 1.78 bits per heavy atom. The largest absolute Gasteiger partial charge is 0.496 e. The molecule has 7 nitrogen and oxygen atoms in total. The molecule has 0 radical (unpaired) electrons. The summed E-state index contributed by atoms with van der Waals surface area (Å²) in [4.78, 5) is 22.7. The number of rotatable bonds is 6. The standard InChI is InChI=1S/C19H15BrN2O5/c1-26-15-6-7-17(18(10-15)22(24)25)21-19(23)11-27-16-5-3-12-8-14(20)4-2-13(12)9-16/h2-10H,11H2,1H3,(H,21,23). The first kappa shape index (κ1) is 18.7. The van der Waals surface area contributed by atoms with Gasteiger partial charge in [-0.05, 0) is 47.2 Å². The van der Waals surface area contributed by atoms with Crippen LogP contribution in [-0.4, -0.2) is 24.5 Å². The summed E-state index contributed by atoms with van der Waals surface area (Å²) in [6.45, 7) is -0.273. The molecule has 0 aliphatic heterocycles. The van der Waals surface area contributed by atoms with Gasteiger partial charge in [0.05, 0.1) is 18.1 Å². The first-order chi connectivity index (χ1) is 13.0. The third kappa shape index (κ3) is 4.53. The van der Waals surface area contributed by atoms with Gasteiger partial charge in [-0.2, -0.15) is 0 Å². The highest BCUT2D eigenvalue weighted by atomic mass is 79.9. The van der Waals surface area contributed by atoms with Gasteiger partial charge in [0.25, 0.3) is 11.6 Å². The molecule has 0 heterocycles. The second-order valence-corrected chi connectivity index (χ2v) is 6.55. The highest BCUT2D eigenvalue weighted by molar-refractivity contribution is 9.10. The van der Waals surface area contributed by atoms with E-state index in [4.69, 9.17) is 9.47 Å². The van der Waals surface area contributed by atoms with E-state index in [1.807, 2.05) is 30.3 Å².